The van der Waals surface area contributed by atoms with Crippen LogP contribution in [-0.4, -0.2) is 42.1 Å². The molecule has 1 fully saturated rings. The number of piperazine rings is 1. The summed E-state index contributed by atoms with van der Waals surface area (Å²) >= 11 is 0. The molecule has 1 aromatic heterocycles. The Balaban J connectivity index is 2.42. The van der Waals surface area contributed by atoms with E-state index in [0.717, 1.165) is 36.6 Å². The van der Waals surface area contributed by atoms with Gasteiger partial charge in [-0.2, -0.15) is 0 Å². The molecule has 1 aliphatic heterocycles. The molecule has 0 bridgehead atoms. The van der Waals surface area contributed by atoms with Gasteiger partial charge in [0.15, 0.2) is 0 Å². The molecule has 6 nitrogen and oxygen atoms in total. The van der Waals surface area contributed by atoms with E-state index in [1.54, 1.807) is 6.33 Å². The number of aromatic nitrogens is 2. The minimum atomic E-state index is -0.140. The van der Waals surface area contributed by atoms with Gasteiger partial charge in [-0.15, -0.1) is 0 Å². The molecule has 104 valence electrons. The van der Waals surface area contributed by atoms with E-state index in [0.29, 0.717) is 6.54 Å². The number of amides is 1. The van der Waals surface area contributed by atoms with Crippen LogP contribution < -0.4 is 15.5 Å². The third kappa shape index (κ3) is 2.47. The molecule has 0 radical (unpaired) electrons. The maximum absolute atomic E-state index is 12.0. The zero-order valence-corrected chi connectivity index (χ0v) is 11.7. The van der Waals surface area contributed by atoms with Crippen molar-refractivity contribution in [3.63, 3.8) is 0 Å². The maximum atomic E-state index is 12.0. The van der Waals surface area contributed by atoms with E-state index in [1.807, 2.05) is 14.0 Å². The predicted molar refractivity (Wildman–Crippen MR) is 75.4 cm³/mol. The van der Waals surface area contributed by atoms with E-state index < -0.39 is 0 Å². The summed E-state index contributed by atoms with van der Waals surface area (Å²) < 4.78 is 0. The van der Waals surface area contributed by atoms with Crippen molar-refractivity contribution in [2.75, 3.05) is 30.4 Å². The predicted octanol–water partition coefficient (Wildman–Crippen LogP) is 0.795. The van der Waals surface area contributed by atoms with Crippen LogP contribution in [0.15, 0.2) is 6.33 Å². The molecule has 1 amide bonds. The summed E-state index contributed by atoms with van der Waals surface area (Å²) in [5.41, 5.74) is 1.07. The topological polar surface area (TPSA) is 70.2 Å². The summed E-state index contributed by atoms with van der Waals surface area (Å²) in [6.45, 7) is 5.55. The van der Waals surface area contributed by atoms with E-state index in [9.17, 15) is 4.79 Å². The van der Waals surface area contributed by atoms with Crippen LogP contribution in [0.4, 0.5) is 11.6 Å². The van der Waals surface area contributed by atoms with Crippen LogP contribution in [0.25, 0.3) is 0 Å². The molecular formula is C13H21N5O. The lowest BCUT2D eigenvalue weighted by Crippen LogP contribution is -2.55. The smallest absolute Gasteiger partial charge is 0.242 e. The molecule has 1 atom stereocenters. The van der Waals surface area contributed by atoms with Crippen LogP contribution in [0.2, 0.25) is 0 Å². The Labute approximate surface area is 113 Å². The quantitative estimate of drug-likeness (QED) is 0.840. The summed E-state index contributed by atoms with van der Waals surface area (Å²) in [4.78, 5) is 22.7. The third-order valence-corrected chi connectivity index (χ3v) is 3.50. The van der Waals surface area contributed by atoms with E-state index in [4.69, 9.17) is 0 Å². The van der Waals surface area contributed by atoms with Crippen molar-refractivity contribution >= 4 is 17.5 Å². The molecule has 1 aliphatic rings. The largest absolute Gasteiger partial charge is 0.373 e. The van der Waals surface area contributed by atoms with Gasteiger partial charge >= 0.3 is 0 Å². The Bertz CT molecular complexity index is 462. The summed E-state index contributed by atoms with van der Waals surface area (Å²) in [7, 11) is 1.85. The number of nitrogens with one attached hydrogen (secondary N) is 2. The molecule has 1 aromatic rings. The summed E-state index contributed by atoms with van der Waals surface area (Å²) in [5.74, 6) is 1.80. The van der Waals surface area contributed by atoms with Gasteiger partial charge in [0, 0.05) is 25.7 Å². The summed E-state index contributed by atoms with van der Waals surface area (Å²) in [6.07, 6.45) is 3.16. The van der Waals surface area contributed by atoms with Crippen molar-refractivity contribution in [1.29, 1.82) is 0 Å². The number of carbonyl (C=O) groups excluding carboxylic acids is 1. The Kier molecular flexibility index (Phi) is 4.19. The first kappa shape index (κ1) is 13.6. The Hall–Kier alpha value is -1.85. The third-order valence-electron chi connectivity index (χ3n) is 3.50. The normalized spacial score (nSPS) is 19.2. The highest BCUT2D eigenvalue weighted by molar-refractivity contribution is 5.86. The van der Waals surface area contributed by atoms with Gasteiger partial charge < -0.3 is 15.5 Å². The second kappa shape index (κ2) is 5.86. The summed E-state index contributed by atoms with van der Waals surface area (Å²) in [6, 6.07) is -0.140. The van der Waals surface area contributed by atoms with Gasteiger partial charge in [-0.05, 0) is 12.8 Å². The van der Waals surface area contributed by atoms with Crippen LogP contribution in [-0.2, 0) is 11.2 Å². The van der Waals surface area contributed by atoms with Crippen LogP contribution in [0.3, 0.4) is 0 Å². The van der Waals surface area contributed by atoms with Crippen LogP contribution in [0, 0.1) is 0 Å². The van der Waals surface area contributed by atoms with Crippen molar-refractivity contribution in [1.82, 2.24) is 15.3 Å². The highest BCUT2D eigenvalue weighted by Gasteiger charge is 2.30. The van der Waals surface area contributed by atoms with E-state index in [-0.39, 0.29) is 11.9 Å². The van der Waals surface area contributed by atoms with Gasteiger partial charge in [0.2, 0.25) is 5.91 Å². The fraction of sp³-hybridized carbons (Fsp3) is 0.615. The van der Waals surface area contributed by atoms with Gasteiger partial charge in [0.05, 0.1) is 0 Å². The fourth-order valence-electron chi connectivity index (χ4n) is 2.57. The zero-order chi connectivity index (χ0) is 13.8. The minimum absolute atomic E-state index is 0.0837. The lowest BCUT2D eigenvalue weighted by Gasteiger charge is -2.36. The maximum Gasteiger partial charge on any atom is 0.242 e. The molecule has 0 spiro atoms. The van der Waals surface area contributed by atoms with Crippen molar-refractivity contribution in [2.45, 2.75) is 32.7 Å². The number of anilines is 2. The average Bonchev–Trinajstić information content (AvgIpc) is 2.45. The standard InChI is InChI=1S/C13H21N5O/c1-4-9-11(14-3)16-8-17-12(9)18-7-6-15-13(19)10(18)5-2/h8,10H,4-7H2,1-3H3,(H,15,19)(H,14,16,17). The Morgan fingerprint density at radius 2 is 2.26 bits per heavy atom. The zero-order valence-electron chi connectivity index (χ0n) is 11.7. The van der Waals surface area contributed by atoms with Crippen molar-refractivity contribution in [3.8, 4) is 0 Å². The molecule has 1 unspecified atom stereocenters. The molecule has 2 rings (SSSR count). The first-order chi connectivity index (χ1) is 9.22. The number of hydrogen-bond acceptors (Lipinski definition) is 5. The van der Waals surface area contributed by atoms with Crippen molar-refractivity contribution < 1.29 is 4.79 Å². The molecule has 19 heavy (non-hydrogen) atoms. The number of nitrogens with zero attached hydrogens (tertiary/aromatic N) is 3. The molecule has 2 N–H and O–H groups in total. The van der Waals surface area contributed by atoms with Gasteiger partial charge in [0.25, 0.3) is 0 Å². The van der Waals surface area contributed by atoms with E-state index in [2.05, 4.69) is 32.4 Å². The lowest BCUT2D eigenvalue weighted by molar-refractivity contribution is -0.123. The van der Waals surface area contributed by atoms with E-state index in [1.165, 1.54) is 0 Å². The molecule has 1 saturated heterocycles. The average molecular weight is 263 g/mol. The minimum Gasteiger partial charge on any atom is -0.373 e. The molecular weight excluding hydrogens is 242 g/mol. The second-order valence-corrected chi connectivity index (χ2v) is 4.54. The Morgan fingerprint density at radius 1 is 1.47 bits per heavy atom. The first-order valence-electron chi connectivity index (χ1n) is 6.78. The molecule has 6 heteroatoms. The SMILES string of the molecule is CCc1c(NC)ncnc1N1CCNC(=O)C1CC. The number of rotatable bonds is 4. The van der Waals surface area contributed by atoms with Gasteiger partial charge in [0.1, 0.15) is 24.0 Å². The first-order valence-corrected chi connectivity index (χ1v) is 6.78. The highest BCUT2D eigenvalue weighted by atomic mass is 16.2. The van der Waals surface area contributed by atoms with Crippen LogP contribution >= 0.6 is 0 Å². The molecule has 0 aromatic carbocycles. The monoisotopic (exact) mass is 263 g/mol. The Morgan fingerprint density at radius 3 is 2.89 bits per heavy atom. The van der Waals surface area contributed by atoms with Gasteiger partial charge in [-0.1, -0.05) is 13.8 Å². The molecule has 0 aliphatic carbocycles. The molecule has 2 heterocycles. The van der Waals surface area contributed by atoms with E-state index >= 15 is 0 Å². The van der Waals surface area contributed by atoms with Crippen LogP contribution in [0.5, 0.6) is 0 Å². The van der Waals surface area contributed by atoms with Crippen molar-refractivity contribution in [3.05, 3.63) is 11.9 Å². The molecule has 0 saturated carbocycles. The fourth-order valence-corrected chi connectivity index (χ4v) is 2.57. The highest BCUT2D eigenvalue weighted by Crippen LogP contribution is 2.26. The summed E-state index contributed by atoms with van der Waals surface area (Å²) in [5, 5.41) is 6.00. The second-order valence-electron chi connectivity index (χ2n) is 4.54. The number of hydrogen-bond donors (Lipinski definition) is 2. The van der Waals surface area contributed by atoms with Gasteiger partial charge in [-0.3, -0.25) is 4.79 Å². The van der Waals surface area contributed by atoms with Gasteiger partial charge in [-0.25, -0.2) is 9.97 Å². The van der Waals surface area contributed by atoms with Crippen molar-refractivity contribution in [2.24, 2.45) is 0 Å². The lowest BCUT2D eigenvalue weighted by atomic mass is 10.1. The van der Waals surface area contributed by atoms with Crippen LogP contribution in [0.1, 0.15) is 25.8 Å². The number of carbonyl (C=O) groups is 1.